The molecule has 180 valence electrons. The van der Waals surface area contributed by atoms with Gasteiger partial charge in [-0.2, -0.15) is 13.5 Å². The van der Waals surface area contributed by atoms with E-state index in [-0.39, 0.29) is 37.7 Å². The van der Waals surface area contributed by atoms with Crippen LogP contribution < -0.4 is 4.74 Å². The molecule has 3 aromatic rings. The number of benzene rings is 1. The molecule has 0 spiro atoms. The maximum Gasteiger partial charge on any atom is 0.242 e. The zero-order chi connectivity index (χ0) is 23.0. The van der Waals surface area contributed by atoms with Crippen molar-refractivity contribution in [1.29, 1.82) is 0 Å². The summed E-state index contributed by atoms with van der Waals surface area (Å²) < 4.78 is 17.8. The first kappa shape index (κ1) is 24.4. The Labute approximate surface area is 206 Å². The number of hydrogen-bond donors (Lipinski definition) is 0. The van der Waals surface area contributed by atoms with E-state index < -0.39 is 0 Å². The fraction of sp³-hybridized carbons (Fsp3) is 0.440. The van der Waals surface area contributed by atoms with Crippen LogP contribution in [-0.2, 0) is 26.3 Å². The predicted molar refractivity (Wildman–Crippen MR) is 133 cm³/mol. The van der Waals surface area contributed by atoms with Gasteiger partial charge in [0.1, 0.15) is 12.7 Å². The Bertz CT molecular complexity index is 1200. The number of rotatable bonds is 4. The van der Waals surface area contributed by atoms with E-state index in [1.807, 2.05) is 6.07 Å². The van der Waals surface area contributed by atoms with Crippen molar-refractivity contribution < 1.29 is 19.0 Å². The van der Waals surface area contributed by atoms with Crippen molar-refractivity contribution in [3.63, 3.8) is 0 Å². The third-order valence-electron chi connectivity index (χ3n) is 6.30. The van der Waals surface area contributed by atoms with Gasteiger partial charge in [-0.25, -0.2) is 9.97 Å². The number of amides is 1. The zero-order valence-electron chi connectivity index (χ0n) is 19.7. The minimum atomic E-state index is -0.295. The summed E-state index contributed by atoms with van der Waals surface area (Å²) in [6.45, 7) is 8.35. The Kier molecular flexibility index (Phi) is 7.06. The third-order valence-corrected chi connectivity index (χ3v) is 6.30. The highest BCUT2D eigenvalue weighted by atomic mass is 32.1. The number of nitrogens with zero attached hydrogens (tertiary/aromatic N) is 4. The second-order valence-electron chi connectivity index (χ2n) is 8.99. The quantitative estimate of drug-likeness (QED) is 0.564. The molecule has 1 amide bonds. The Hall–Kier alpha value is -2.75. The lowest BCUT2D eigenvalue weighted by Crippen LogP contribution is -2.46. The molecule has 0 saturated carbocycles. The molecule has 1 saturated heterocycles. The second-order valence-corrected chi connectivity index (χ2v) is 8.99. The van der Waals surface area contributed by atoms with Crippen molar-refractivity contribution >= 4 is 30.4 Å². The van der Waals surface area contributed by atoms with E-state index in [1.54, 1.807) is 24.2 Å². The highest BCUT2D eigenvalue weighted by molar-refractivity contribution is 7.59. The summed E-state index contributed by atoms with van der Waals surface area (Å²) in [7, 11) is 0. The molecule has 9 heteroatoms. The number of pyridine rings is 1. The molecule has 2 aliphatic rings. The fourth-order valence-electron chi connectivity index (χ4n) is 4.51. The van der Waals surface area contributed by atoms with Crippen molar-refractivity contribution in [3.05, 3.63) is 47.8 Å². The molecule has 5 rings (SSSR count). The molecule has 1 aromatic carbocycles. The number of aromatic nitrogens is 3. The van der Waals surface area contributed by atoms with E-state index in [4.69, 9.17) is 19.2 Å². The highest BCUT2D eigenvalue weighted by Crippen LogP contribution is 2.35. The van der Waals surface area contributed by atoms with Crippen molar-refractivity contribution in [2.45, 2.75) is 38.9 Å². The monoisotopic (exact) mass is 482 g/mol. The topological polar surface area (TPSA) is 86.7 Å². The van der Waals surface area contributed by atoms with Crippen molar-refractivity contribution in [1.82, 2.24) is 19.9 Å². The summed E-state index contributed by atoms with van der Waals surface area (Å²) in [4.78, 5) is 27.2. The second kappa shape index (κ2) is 9.85. The van der Waals surface area contributed by atoms with Crippen LogP contribution in [-0.4, -0.2) is 64.8 Å². The van der Waals surface area contributed by atoms with E-state index in [1.165, 1.54) is 11.1 Å². The van der Waals surface area contributed by atoms with Gasteiger partial charge in [0.15, 0.2) is 5.52 Å². The molecule has 4 heterocycles. The third kappa shape index (κ3) is 4.87. The summed E-state index contributed by atoms with van der Waals surface area (Å²) in [6.07, 6.45) is 3.95. The fourth-order valence-corrected chi connectivity index (χ4v) is 4.51. The molecule has 0 unspecified atom stereocenters. The van der Waals surface area contributed by atoms with Crippen LogP contribution in [0.2, 0.25) is 0 Å². The SMILES string of the molecule is CC(=O)N1CCO[C@H](COc2nc(-c3ccc4c(c3)CCOC4(C)C)cc3nccnc23)C1.S. The largest absolute Gasteiger partial charge is 0.473 e. The summed E-state index contributed by atoms with van der Waals surface area (Å²) in [6, 6.07) is 8.32. The minimum absolute atomic E-state index is 0. The van der Waals surface area contributed by atoms with Crippen molar-refractivity contribution in [2.75, 3.05) is 32.9 Å². The summed E-state index contributed by atoms with van der Waals surface area (Å²) in [5.41, 5.74) is 5.28. The first-order valence-electron chi connectivity index (χ1n) is 11.3. The van der Waals surface area contributed by atoms with Crippen molar-refractivity contribution in [2.24, 2.45) is 0 Å². The van der Waals surface area contributed by atoms with Crippen LogP contribution in [0.25, 0.3) is 22.3 Å². The van der Waals surface area contributed by atoms with Crippen LogP contribution in [0.1, 0.15) is 31.9 Å². The van der Waals surface area contributed by atoms with Gasteiger partial charge in [-0.1, -0.05) is 12.1 Å². The smallest absolute Gasteiger partial charge is 0.242 e. The predicted octanol–water partition coefficient (Wildman–Crippen LogP) is 3.24. The van der Waals surface area contributed by atoms with E-state index in [9.17, 15) is 4.79 Å². The average molecular weight is 483 g/mol. The van der Waals surface area contributed by atoms with Gasteiger partial charge in [-0.05, 0) is 43.5 Å². The van der Waals surface area contributed by atoms with Gasteiger partial charge in [-0.3, -0.25) is 9.78 Å². The van der Waals surface area contributed by atoms with Crippen LogP contribution in [0.15, 0.2) is 36.7 Å². The van der Waals surface area contributed by atoms with Crippen LogP contribution >= 0.6 is 13.5 Å². The van der Waals surface area contributed by atoms with Gasteiger partial charge in [0.2, 0.25) is 11.8 Å². The van der Waals surface area contributed by atoms with E-state index in [0.717, 1.165) is 17.7 Å². The molecule has 34 heavy (non-hydrogen) atoms. The van der Waals surface area contributed by atoms with Gasteiger partial charge in [0.05, 0.1) is 36.6 Å². The van der Waals surface area contributed by atoms with Crippen LogP contribution in [0.5, 0.6) is 5.88 Å². The van der Waals surface area contributed by atoms with Gasteiger partial charge in [0, 0.05) is 31.4 Å². The Morgan fingerprint density at radius 3 is 2.85 bits per heavy atom. The Balaban J connectivity index is 0.00000274. The number of ether oxygens (including phenoxy) is 3. The summed E-state index contributed by atoms with van der Waals surface area (Å²) in [5.74, 6) is 0.459. The normalized spacial score (nSPS) is 19.3. The zero-order valence-corrected chi connectivity index (χ0v) is 20.7. The Morgan fingerprint density at radius 1 is 1.21 bits per heavy atom. The summed E-state index contributed by atoms with van der Waals surface area (Å²) in [5, 5.41) is 0. The lowest BCUT2D eigenvalue weighted by atomic mass is 9.87. The molecule has 1 atom stereocenters. The van der Waals surface area contributed by atoms with Crippen LogP contribution in [0.3, 0.4) is 0 Å². The van der Waals surface area contributed by atoms with E-state index >= 15 is 0 Å². The van der Waals surface area contributed by atoms with E-state index in [2.05, 4.69) is 42.0 Å². The molecule has 2 aliphatic heterocycles. The number of fused-ring (bicyclic) bond motifs is 2. The molecule has 1 fully saturated rings. The van der Waals surface area contributed by atoms with Crippen LogP contribution in [0, 0.1) is 0 Å². The first-order valence-corrected chi connectivity index (χ1v) is 11.3. The van der Waals surface area contributed by atoms with Gasteiger partial charge < -0.3 is 19.1 Å². The first-order chi connectivity index (χ1) is 15.9. The van der Waals surface area contributed by atoms with Gasteiger partial charge in [-0.15, -0.1) is 0 Å². The molecule has 0 aliphatic carbocycles. The number of carbonyl (C=O) groups is 1. The highest BCUT2D eigenvalue weighted by Gasteiger charge is 2.28. The molecular weight excluding hydrogens is 452 g/mol. The molecule has 2 aromatic heterocycles. The average Bonchev–Trinajstić information content (AvgIpc) is 2.82. The standard InChI is InChI=1S/C25H28N4O4.H2S/c1-16(30)29-9-11-31-19(14-29)15-32-24-23-22(26-7-8-27-23)13-21(28-24)18-4-5-20-17(12-18)6-10-33-25(20,2)3;/h4-5,7-8,12-13,19H,6,9-11,14-15H2,1-3H3;1H2/t19-;/m0./s1. The summed E-state index contributed by atoms with van der Waals surface area (Å²) >= 11 is 0. The van der Waals surface area contributed by atoms with Gasteiger partial charge in [0.25, 0.3) is 0 Å². The number of morpholine rings is 1. The minimum Gasteiger partial charge on any atom is -0.473 e. The van der Waals surface area contributed by atoms with Crippen molar-refractivity contribution in [3.8, 4) is 17.1 Å². The molecular formula is C25H30N4O4S. The maximum absolute atomic E-state index is 11.7. The maximum atomic E-state index is 11.7. The number of hydrogen-bond acceptors (Lipinski definition) is 7. The van der Waals surface area contributed by atoms with Crippen LogP contribution in [0.4, 0.5) is 0 Å². The molecule has 0 radical (unpaired) electrons. The molecule has 8 nitrogen and oxygen atoms in total. The lowest BCUT2D eigenvalue weighted by Gasteiger charge is -2.33. The van der Waals surface area contributed by atoms with E-state index in [0.29, 0.717) is 43.2 Å². The van der Waals surface area contributed by atoms with Gasteiger partial charge >= 0.3 is 0 Å². The molecule has 0 N–H and O–H groups in total. The molecule has 0 bridgehead atoms. The number of carbonyl (C=O) groups excluding carboxylic acids is 1. The Morgan fingerprint density at radius 2 is 2.03 bits per heavy atom. The lowest BCUT2D eigenvalue weighted by molar-refractivity contribution is -0.137.